The van der Waals surface area contributed by atoms with Gasteiger partial charge in [0.25, 0.3) is 0 Å². The summed E-state index contributed by atoms with van der Waals surface area (Å²) in [6, 6.07) is 3.30. The fourth-order valence-electron chi connectivity index (χ4n) is 1.30. The number of hydrogen-bond donors (Lipinski definition) is 1. The SMILES string of the molecule is [CH2]C(O)COc1cc(OC)c(OC)cc1OC. The third-order valence-electron chi connectivity index (χ3n) is 2.10. The Balaban J connectivity index is 3.01. The van der Waals surface area contributed by atoms with E-state index in [1.165, 1.54) is 21.3 Å². The lowest BCUT2D eigenvalue weighted by atomic mass is 10.2. The molecule has 95 valence electrons. The topological polar surface area (TPSA) is 57.2 Å². The molecule has 0 fully saturated rings. The Kier molecular flexibility index (Phi) is 4.90. The first-order chi connectivity index (χ1) is 8.12. The van der Waals surface area contributed by atoms with E-state index in [1.807, 2.05) is 0 Å². The molecule has 0 amide bonds. The van der Waals surface area contributed by atoms with E-state index in [0.717, 1.165) is 0 Å². The minimum atomic E-state index is -0.798. The van der Waals surface area contributed by atoms with Crippen molar-refractivity contribution < 1.29 is 24.1 Å². The summed E-state index contributed by atoms with van der Waals surface area (Å²) in [6.45, 7) is 3.49. The van der Waals surface area contributed by atoms with Crippen LogP contribution in [0.3, 0.4) is 0 Å². The zero-order valence-corrected chi connectivity index (χ0v) is 10.2. The Morgan fingerprint density at radius 2 is 1.41 bits per heavy atom. The van der Waals surface area contributed by atoms with Gasteiger partial charge >= 0.3 is 0 Å². The third-order valence-corrected chi connectivity index (χ3v) is 2.10. The average Bonchev–Trinajstić information content (AvgIpc) is 2.34. The van der Waals surface area contributed by atoms with Crippen LogP contribution in [0.2, 0.25) is 0 Å². The van der Waals surface area contributed by atoms with E-state index in [-0.39, 0.29) is 6.61 Å². The lowest BCUT2D eigenvalue weighted by Gasteiger charge is -2.15. The predicted molar refractivity (Wildman–Crippen MR) is 63.0 cm³/mol. The second-order valence-corrected chi connectivity index (χ2v) is 3.32. The second kappa shape index (κ2) is 6.20. The highest BCUT2D eigenvalue weighted by Gasteiger charge is 2.13. The number of hydrogen-bond acceptors (Lipinski definition) is 5. The van der Waals surface area contributed by atoms with E-state index < -0.39 is 6.10 Å². The molecule has 1 radical (unpaired) electrons. The summed E-state index contributed by atoms with van der Waals surface area (Å²) >= 11 is 0. The Morgan fingerprint density at radius 1 is 1.00 bits per heavy atom. The van der Waals surface area contributed by atoms with Gasteiger partial charge in [-0.1, -0.05) is 0 Å². The van der Waals surface area contributed by atoms with Gasteiger partial charge in [-0.25, -0.2) is 0 Å². The van der Waals surface area contributed by atoms with Gasteiger partial charge in [0.05, 0.1) is 27.4 Å². The Bertz CT molecular complexity index is 362. The number of methoxy groups -OCH3 is 3. The first-order valence-corrected chi connectivity index (χ1v) is 5.06. The van der Waals surface area contributed by atoms with Crippen LogP contribution < -0.4 is 18.9 Å². The van der Waals surface area contributed by atoms with Crippen LogP contribution in [0, 0.1) is 6.92 Å². The summed E-state index contributed by atoms with van der Waals surface area (Å²) in [7, 11) is 4.59. The second-order valence-electron chi connectivity index (χ2n) is 3.32. The number of aliphatic hydroxyl groups is 1. The lowest BCUT2D eigenvalue weighted by Crippen LogP contribution is -2.13. The van der Waals surface area contributed by atoms with Crippen LogP contribution in [-0.4, -0.2) is 39.1 Å². The highest BCUT2D eigenvalue weighted by molar-refractivity contribution is 5.54. The third kappa shape index (κ3) is 3.42. The molecule has 0 spiro atoms. The summed E-state index contributed by atoms with van der Waals surface area (Å²) in [5.41, 5.74) is 0. The number of ether oxygens (including phenoxy) is 4. The van der Waals surface area contributed by atoms with Crippen LogP contribution in [0.1, 0.15) is 0 Å². The van der Waals surface area contributed by atoms with Gasteiger partial charge in [-0.05, 0) is 6.92 Å². The summed E-state index contributed by atoms with van der Waals surface area (Å²) in [5, 5.41) is 9.07. The van der Waals surface area contributed by atoms with Gasteiger partial charge in [-0.2, -0.15) is 0 Å². The van der Waals surface area contributed by atoms with E-state index in [9.17, 15) is 0 Å². The average molecular weight is 241 g/mol. The molecule has 1 aromatic rings. The molecule has 0 saturated carbocycles. The van der Waals surface area contributed by atoms with Crippen molar-refractivity contribution in [1.82, 2.24) is 0 Å². The minimum Gasteiger partial charge on any atom is -0.493 e. The van der Waals surface area contributed by atoms with Crippen LogP contribution in [0.5, 0.6) is 23.0 Å². The predicted octanol–water partition coefficient (Wildman–Crippen LogP) is 1.29. The van der Waals surface area contributed by atoms with Crippen molar-refractivity contribution in [2.75, 3.05) is 27.9 Å². The van der Waals surface area contributed by atoms with E-state index in [4.69, 9.17) is 24.1 Å². The van der Waals surface area contributed by atoms with Crippen molar-refractivity contribution in [1.29, 1.82) is 0 Å². The molecule has 0 heterocycles. The van der Waals surface area contributed by atoms with Crippen molar-refractivity contribution >= 4 is 0 Å². The zero-order valence-electron chi connectivity index (χ0n) is 10.2. The van der Waals surface area contributed by atoms with Crippen LogP contribution in [0.15, 0.2) is 12.1 Å². The highest BCUT2D eigenvalue weighted by Crippen LogP contribution is 2.39. The molecular weight excluding hydrogens is 224 g/mol. The molecule has 1 rings (SSSR count). The van der Waals surface area contributed by atoms with E-state index in [2.05, 4.69) is 6.92 Å². The van der Waals surface area contributed by atoms with Crippen LogP contribution in [0.4, 0.5) is 0 Å². The molecule has 0 aliphatic rings. The maximum Gasteiger partial charge on any atom is 0.165 e. The normalized spacial score (nSPS) is 11.8. The first kappa shape index (κ1) is 13.4. The summed E-state index contributed by atoms with van der Waals surface area (Å²) in [5.74, 6) is 2.05. The van der Waals surface area contributed by atoms with E-state index >= 15 is 0 Å². The molecule has 0 saturated heterocycles. The maximum absolute atomic E-state index is 9.07. The van der Waals surface area contributed by atoms with Gasteiger partial charge in [0.1, 0.15) is 6.61 Å². The number of rotatable bonds is 6. The summed E-state index contributed by atoms with van der Waals surface area (Å²) < 4.78 is 20.8. The number of benzene rings is 1. The molecule has 0 bridgehead atoms. The monoisotopic (exact) mass is 241 g/mol. The van der Waals surface area contributed by atoms with Crippen molar-refractivity contribution in [3.05, 3.63) is 19.1 Å². The maximum atomic E-state index is 9.07. The minimum absolute atomic E-state index is 0.0752. The molecule has 5 nitrogen and oxygen atoms in total. The first-order valence-electron chi connectivity index (χ1n) is 5.06. The van der Waals surface area contributed by atoms with Gasteiger partial charge in [0.2, 0.25) is 0 Å². The lowest BCUT2D eigenvalue weighted by molar-refractivity contribution is 0.139. The smallest absolute Gasteiger partial charge is 0.165 e. The van der Waals surface area contributed by atoms with Crippen LogP contribution in [-0.2, 0) is 0 Å². The van der Waals surface area contributed by atoms with E-state index in [0.29, 0.717) is 23.0 Å². The zero-order chi connectivity index (χ0) is 12.8. The molecule has 17 heavy (non-hydrogen) atoms. The molecule has 1 N–H and O–H groups in total. The Labute approximate surface area is 101 Å². The van der Waals surface area contributed by atoms with Crippen molar-refractivity contribution in [2.45, 2.75) is 6.10 Å². The fraction of sp³-hybridized carbons (Fsp3) is 0.417. The van der Waals surface area contributed by atoms with Crippen LogP contribution in [0.25, 0.3) is 0 Å². The molecular formula is C12H17O5. The van der Waals surface area contributed by atoms with Crippen molar-refractivity contribution in [3.8, 4) is 23.0 Å². The Morgan fingerprint density at radius 3 is 1.82 bits per heavy atom. The fourth-order valence-corrected chi connectivity index (χ4v) is 1.30. The molecule has 0 aromatic heterocycles. The Hall–Kier alpha value is -1.62. The largest absolute Gasteiger partial charge is 0.493 e. The summed E-state index contributed by atoms with van der Waals surface area (Å²) in [4.78, 5) is 0. The van der Waals surface area contributed by atoms with E-state index in [1.54, 1.807) is 12.1 Å². The van der Waals surface area contributed by atoms with Crippen molar-refractivity contribution in [2.24, 2.45) is 0 Å². The summed E-state index contributed by atoms with van der Waals surface area (Å²) in [6.07, 6.45) is -0.798. The molecule has 1 unspecified atom stereocenters. The van der Waals surface area contributed by atoms with Crippen LogP contribution >= 0.6 is 0 Å². The number of aliphatic hydroxyl groups excluding tert-OH is 1. The molecule has 1 aromatic carbocycles. The molecule has 0 aliphatic carbocycles. The van der Waals surface area contributed by atoms with Gasteiger partial charge < -0.3 is 24.1 Å². The van der Waals surface area contributed by atoms with Gasteiger partial charge in [-0.15, -0.1) is 0 Å². The highest BCUT2D eigenvalue weighted by atomic mass is 16.5. The quantitative estimate of drug-likeness (QED) is 0.813. The standard InChI is InChI=1S/C12H17O5/c1-8(13)7-17-12-6-10(15-3)9(14-2)5-11(12)16-4/h5-6,8,13H,1,7H2,2-4H3. The molecule has 5 heteroatoms. The molecule has 1 atom stereocenters. The van der Waals surface area contributed by atoms with Gasteiger partial charge in [0, 0.05) is 12.1 Å². The molecule has 0 aliphatic heterocycles. The van der Waals surface area contributed by atoms with Gasteiger partial charge in [0.15, 0.2) is 23.0 Å². The van der Waals surface area contributed by atoms with Crippen molar-refractivity contribution in [3.63, 3.8) is 0 Å². The van der Waals surface area contributed by atoms with Gasteiger partial charge in [-0.3, -0.25) is 0 Å².